The lowest BCUT2D eigenvalue weighted by Gasteiger charge is -2.00. The molecule has 116 valence electrons. The maximum Gasteiger partial charge on any atom is 0.339 e. The molecule has 0 unspecified atom stereocenters. The number of carboxylic acid groups (broad SMARTS) is 1. The second-order valence-corrected chi connectivity index (χ2v) is 4.12. The third-order valence-electron chi connectivity index (χ3n) is 2.68. The van der Waals surface area contributed by atoms with Crippen molar-refractivity contribution in [1.82, 2.24) is 0 Å². The van der Waals surface area contributed by atoms with Gasteiger partial charge in [0, 0.05) is 5.69 Å². The number of carbonyl (C=O) groups excluding carboxylic acids is 1. The Bertz CT molecular complexity index is 685. The van der Waals surface area contributed by atoms with Gasteiger partial charge >= 0.3 is 11.9 Å². The summed E-state index contributed by atoms with van der Waals surface area (Å²) in [4.78, 5) is 21.3. The first-order chi connectivity index (χ1) is 10.4. The minimum atomic E-state index is -1.14. The molecule has 0 radical (unpaired) electrons. The van der Waals surface area contributed by atoms with E-state index in [0.29, 0.717) is 11.3 Å². The van der Waals surface area contributed by atoms with Crippen LogP contribution in [0.3, 0.4) is 0 Å². The number of hydrogen-bond donors (Lipinski definition) is 4. The number of aromatic carboxylic acids is 1. The number of carbonyl (C=O) groups is 2. The summed E-state index contributed by atoms with van der Waals surface area (Å²) in [7, 11) is 1.33. The van der Waals surface area contributed by atoms with Gasteiger partial charge in [-0.05, 0) is 24.3 Å². The highest BCUT2D eigenvalue weighted by atomic mass is 16.5. The van der Waals surface area contributed by atoms with Crippen LogP contribution in [0.4, 0.5) is 11.4 Å². The van der Waals surface area contributed by atoms with Gasteiger partial charge in [-0.1, -0.05) is 18.2 Å². The van der Waals surface area contributed by atoms with Crippen molar-refractivity contribution in [3.05, 3.63) is 53.6 Å². The zero-order chi connectivity index (χ0) is 16.7. The number of methoxy groups -OCH3 is 1. The second-order valence-electron chi connectivity index (χ2n) is 4.12. The minimum Gasteiger partial charge on any atom is -0.506 e. The molecule has 0 fully saturated rings. The zero-order valence-electron chi connectivity index (χ0n) is 11.8. The van der Waals surface area contributed by atoms with E-state index in [0.717, 1.165) is 0 Å². The Morgan fingerprint density at radius 3 is 2.09 bits per heavy atom. The number of carboxylic acids is 1. The molecule has 0 aliphatic carbocycles. The van der Waals surface area contributed by atoms with E-state index >= 15 is 0 Å². The van der Waals surface area contributed by atoms with Gasteiger partial charge in [0.05, 0.1) is 23.9 Å². The monoisotopic (exact) mass is 304 g/mol. The van der Waals surface area contributed by atoms with Crippen molar-refractivity contribution in [2.24, 2.45) is 0 Å². The molecule has 0 bridgehead atoms. The van der Waals surface area contributed by atoms with Crippen LogP contribution in [0.15, 0.2) is 42.5 Å². The summed E-state index contributed by atoms with van der Waals surface area (Å²) in [5, 5.41) is 17.5. The number of phenols is 1. The summed E-state index contributed by atoms with van der Waals surface area (Å²) in [6, 6.07) is 10.9. The van der Waals surface area contributed by atoms with Gasteiger partial charge in [0.15, 0.2) is 0 Å². The van der Waals surface area contributed by atoms with Crippen molar-refractivity contribution in [2.75, 3.05) is 18.6 Å². The van der Waals surface area contributed by atoms with E-state index in [9.17, 15) is 9.59 Å². The molecule has 2 aromatic carbocycles. The molecule has 2 aromatic rings. The third kappa shape index (κ3) is 4.14. The maximum atomic E-state index is 10.9. The third-order valence-corrected chi connectivity index (χ3v) is 2.68. The first-order valence-corrected chi connectivity index (χ1v) is 6.12. The average molecular weight is 304 g/mol. The summed E-state index contributed by atoms with van der Waals surface area (Å²) in [5.41, 5.74) is 11.4. The first kappa shape index (κ1) is 16.8. The van der Waals surface area contributed by atoms with Gasteiger partial charge in [-0.15, -0.1) is 0 Å². The average Bonchev–Trinajstić information content (AvgIpc) is 2.50. The van der Waals surface area contributed by atoms with Crippen molar-refractivity contribution >= 4 is 23.3 Å². The predicted molar refractivity (Wildman–Crippen MR) is 81.7 cm³/mol. The summed E-state index contributed by atoms with van der Waals surface area (Å²) in [6.45, 7) is 0. The Morgan fingerprint density at radius 1 is 1.00 bits per heavy atom. The number of rotatable bonds is 2. The van der Waals surface area contributed by atoms with Gasteiger partial charge in [-0.3, -0.25) is 0 Å². The SMILES string of the molecule is COC(=O)c1ccccc1N.Nc1c(O)cccc1C(=O)O. The van der Waals surface area contributed by atoms with Gasteiger partial charge < -0.3 is 26.4 Å². The van der Waals surface area contributed by atoms with Crippen LogP contribution in [0.1, 0.15) is 20.7 Å². The molecule has 0 aliphatic rings. The van der Waals surface area contributed by atoms with E-state index in [4.69, 9.17) is 21.7 Å². The van der Waals surface area contributed by atoms with Crippen LogP contribution in [-0.4, -0.2) is 29.3 Å². The van der Waals surface area contributed by atoms with Crippen LogP contribution in [0.2, 0.25) is 0 Å². The zero-order valence-corrected chi connectivity index (χ0v) is 11.8. The lowest BCUT2D eigenvalue weighted by molar-refractivity contribution is 0.0601. The van der Waals surface area contributed by atoms with Crippen LogP contribution >= 0.6 is 0 Å². The van der Waals surface area contributed by atoms with E-state index in [1.165, 1.54) is 25.3 Å². The molecular weight excluding hydrogens is 288 g/mol. The number of esters is 1. The summed E-state index contributed by atoms with van der Waals surface area (Å²) < 4.78 is 4.50. The fourth-order valence-corrected chi connectivity index (χ4v) is 1.53. The van der Waals surface area contributed by atoms with Crippen molar-refractivity contribution in [3.63, 3.8) is 0 Å². The molecule has 2 rings (SSSR count). The van der Waals surface area contributed by atoms with Gasteiger partial charge in [-0.2, -0.15) is 0 Å². The highest BCUT2D eigenvalue weighted by molar-refractivity contribution is 5.95. The molecule has 0 atom stereocenters. The standard InChI is InChI=1S/C8H9NO2.C7H7NO3/c1-11-8(10)6-4-2-3-5-7(6)9;8-6-4(7(10)11)2-1-3-5(6)9/h2-5H,9H2,1H3;1-3,9H,8H2,(H,10,11). The lowest BCUT2D eigenvalue weighted by atomic mass is 10.2. The van der Waals surface area contributed by atoms with Crippen LogP contribution in [0.5, 0.6) is 5.75 Å². The van der Waals surface area contributed by atoms with Crippen LogP contribution in [0, 0.1) is 0 Å². The van der Waals surface area contributed by atoms with E-state index in [1.807, 2.05) is 0 Å². The number of benzene rings is 2. The Balaban J connectivity index is 0.000000220. The molecule has 0 heterocycles. The van der Waals surface area contributed by atoms with Gasteiger partial charge in [-0.25, -0.2) is 9.59 Å². The molecule has 0 saturated carbocycles. The number of anilines is 2. The molecule has 7 nitrogen and oxygen atoms in total. The topological polar surface area (TPSA) is 136 Å². The van der Waals surface area contributed by atoms with E-state index in [-0.39, 0.29) is 17.0 Å². The second kappa shape index (κ2) is 7.53. The quantitative estimate of drug-likeness (QED) is 0.377. The van der Waals surface area contributed by atoms with E-state index in [2.05, 4.69) is 4.74 Å². The van der Waals surface area contributed by atoms with Gasteiger partial charge in [0.25, 0.3) is 0 Å². The molecule has 0 aromatic heterocycles. The Morgan fingerprint density at radius 2 is 1.59 bits per heavy atom. The van der Waals surface area contributed by atoms with Gasteiger partial charge in [0.1, 0.15) is 5.75 Å². The lowest BCUT2D eigenvalue weighted by Crippen LogP contribution is -2.04. The normalized spacial score (nSPS) is 9.32. The summed E-state index contributed by atoms with van der Waals surface area (Å²) in [6.07, 6.45) is 0. The van der Waals surface area contributed by atoms with Gasteiger partial charge in [0.2, 0.25) is 0 Å². The number of ether oxygens (including phenoxy) is 1. The number of nitrogen functional groups attached to an aromatic ring is 2. The van der Waals surface area contributed by atoms with Crippen molar-refractivity contribution in [1.29, 1.82) is 0 Å². The number of hydrogen-bond acceptors (Lipinski definition) is 6. The van der Waals surface area contributed by atoms with Crippen LogP contribution in [0.25, 0.3) is 0 Å². The number of aromatic hydroxyl groups is 1. The number of nitrogens with two attached hydrogens (primary N) is 2. The Labute approximate surface area is 126 Å². The molecule has 0 saturated heterocycles. The highest BCUT2D eigenvalue weighted by Crippen LogP contribution is 2.22. The predicted octanol–water partition coefficient (Wildman–Crippen LogP) is 1.73. The smallest absolute Gasteiger partial charge is 0.339 e. The Kier molecular flexibility index (Phi) is 5.76. The minimum absolute atomic E-state index is 0.0787. The maximum absolute atomic E-state index is 10.9. The fraction of sp³-hybridized carbons (Fsp3) is 0.0667. The van der Waals surface area contributed by atoms with Crippen molar-refractivity contribution in [3.8, 4) is 5.75 Å². The molecular formula is C15H16N2O5. The Hall–Kier alpha value is -3.22. The fourth-order valence-electron chi connectivity index (χ4n) is 1.53. The summed E-state index contributed by atoms with van der Waals surface area (Å²) >= 11 is 0. The van der Waals surface area contributed by atoms with E-state index in [1.54, 1.807) is 24.3 Å². The van der Waals surface area contributed by atoms with Crippen LogP contribution < -0.4 is 11.5 Å². The molecule has 6 N–H and O–H groups in total. The van der Waals surface area contributed by atoms with Crippen molar-refractivity contribution in [2.45, 2.75) is 0 Å². The molecule has 7 heteroatoms. The molecule has 0 amide bonds. The number of phenolic OH excluding ortho intramolecular Hbond substituents is 1. The van der Waals surface area contributed by atoms with E-state index < -0.39 is 11.9 Å². The number of para-hydroxylation sites is 2. The molecule has 0 spiro atoms. The molecule has 22 heavy (non-hydrogen) atoms. The summed E-state index contributed by atoms with van der Waals surface area (Å²) in [5.74, 6) is -1.74. The molecule has 0 aliphatic heterocycles. The highest BCUT2D eigenvalue weighted by Gasteiger charge is 2.09. The van der Waals surface area contributed by atoms with Crippen LogP contribution in [-0.2, 0) is 4.74 Å². The largest absolute Gasteiger partial charge is 0.506 e. The van der Waals surface area contributed by atoms with Crippen molar-refractivity contribution < 1.29 is 24.5 Å². The first-order valence-electron chi connectivity index (χ1n) is 6.12.